The number of rotatable bonds is 6. The number of nitrogens with zero attached hydrogens (tertiary/aromatic N) is 5. The van der Waals surface area contributed by atoms with E-state index in [4.69, 9.17) is 0 Å². The predicted octanol–water partition coefficient (Wildman–Crippen LogP) is 1.81. The quantitative estimate of drug-likeness (QED) is 0.728. The molecule has 0 aliphatic carbocycles. The smallest absolute Gasteiger partial charge is 0.274 e. The number of hydrogen-bond acceptors (Lipinski definition) is 5. The van der Waals surface area contributed by atoms with Crippen LogP contribution in [0.15, 0.2) is 42.5 Å². The first-order valence-electron chi connectivity index (χ1n) is 9.21. The minimum Gasteiger partial charge on any atom is -0.352 e. The molecule has 0 unspecified atom stereocenters. The summed E-state index contributed by atoms with van der Waals surface area (Å²) < 4.78 is 0. The molecule has 142 valence electrons. The van der Waals surface area contributed by atoms with E-state index in [1.54, 1.807) is 15.9 Å². The molecule has 1 fully saturated rings. The predicted molar refractivity (Wildman–Crippen MR) is 103 cm³/mol. The van der Waals surface area contributed by atoms with Gasteiger partial charge in [-0.15, -0.1) is 10.2 Å². The monoisotopic (exact) mass is 367 g/mol. The lowest BCUT2D eigenvalue weighted by atomic mass is 10.1. The molecule has 0 spiro atoms. The Morgan fingerprint density at radius 3 is 2.33 bits per heavy atom. The summed E-state index contributed by atoms with van der Waals surface area (Å²) in [5, 5.41) is 8.42. The second kappa shape index (κ2) is 8.62. The zero-order valence-corrected chi connectivity index (χ0v) is 15.8. The van der Waals surface area contributed by atoms with E-state index in [0.717, 1.165) is 17.8 Å². The Labute approximate surface area is 159 Å². The summed E-state index contributed by atoms with van der Waals surface area (Å²) in [6.07, 6.45) is 0.873. The van der Waals surface area contributed by atoms with E-state index in [9.17, 15) is 9.59 Å². The van der Waals surface area contributed by atoms with Crippen LogP contribution in [-0.4, -0.2) is 64.5 Å². The van der Waals surface area contributed by atoms with Gasteiger partial charge in [-0.05, 0) is 31.5 Å². The lowest BCUT2D eigenvalue weighted by Gasteiger charge is -2.33. The Bertz CT molecular complexity index is 756. The molecule has 1 aromatic carbocycles. The summed E-state index contributed by atoms with van der Waals surface area (Å²) in [4.78, 5) is 29.3. The van der Waals surface area contributed by atoms with Crippen LogP contribution < -0.4 is 4.90 Å². The van der Waals surface area contributed by atoms with Crippen molar-refractivity contribution in [2.24, 2.45) is 0 Å². The highest BCUT2D eigenvalue weighted by Gasteiger charge is 2.22. The fourth-order valence-electron chi connectivity index (χ4n) is 3.08. The summed E-state index contributed by atoms with van der Waals surface area (Å²) in [6.45, 7) is 7.30. The van der Waals surface area contributed by atoms with E-state index in [1.807, 2.05) is 50.2 Å². The molecule has 3 rings (SSSR count). The number of amides is 2. The van der Waals surface area contributed by atoms with Gasteiger partial charge in [-0.2, -0.15) is 0 Å². The summed E-state index contributed by atoms with van der Waals surface area (Å²) in [5.41, 5.74) is 1.42. The zero-order valence-electron chi connectivity index (χ0n) is 15.8. The van der Waals surface area contributed by atoms with Crippen LogP contribution in [0.3, 0.4) is 0 Å². The Morgan fingerprint density at radius 2 is 1.78 bits per heavy atom. The largest absolute Gasteiger partial charge is 0.352 e. The maximum Gasteiger partial charge on any atom is 0.274 e. The van der Waals surface area contributed by atoms with Gasteiger partial charge in [0.05, 0.1) is 0 Å². The SMILES string of the molecule is CC(C)N(Cc1ccccc1)C(=O)c1ccc(N2CCN(C=O)CC2)nn1. The molecule has 0 radical (unpaired) electrons. The van der Waals surface area contributed by atoms with Crippen LogP contribution in [0.4, 0.5) is 5.82 Å². The number of benzene rings is 1. The zero-order chi connectivity index (χ0) is 19.2. The molecule has 0 atom stereocenters. The summed E-state index contributed by atoms with van der Waals surface area (Å²) in [7, 11) is 0. The van der Waals surface area contributed by atoms with Gasteiger partial charge in [0.2, 0.25) is 6.41 Å². The highest BCUT2D eigenvalue weighted by molar-refractivity contribution is 5.92. The lowest BCUT2D eigenvalue weighted by molar-refractivity contribution is -0.118. The van der Waals surface area contributed by atoms with Gasteiger partial charge in [-0.25, -0.2) is 0 Å². The lowest BCUT2D eigenvalue weighted by Crippen LogP contribution is -2.46. The maximum atomic E-state index is 12.9. The van der Waals surface area contributed by atoms with Gasteiger partial charge in [-0.1, -0.05) is 30.3 Å². The second-order valence-corrected chi connectivity index (χ2v) is 6.92. The van der Waals surface area contributed by atoms with E-state index in [1.165, 1.54) is 0 Å². The fraction of sp³-hybridized carbons (Fsp3) is 0.400. The van der Waals surface area contributed by atoms with Crippen molar-refractivity contribution >= 4 is 18.1 Å². The van der Waals surface area contributed by atoms with E-state index in [-0.39, 0.29) is 11.9 Å². The molecule has 0 bridgehead atoms. The van der Waals surface area contributed by atoms with Crippen LogP contribution in [0.1, 0.15) is 29.9 Å². The summed E-state index contributed by atoms with van der Waals surface area (Å²) in [5.74, 6) is 0.606. The Balaban J connectivity index is 1.69. The topological polar surface area (TPSA) is 69.6 Å². The summed E-state index contributed by atoms with van der Waals surface area (Å²) in [6, 6.07) is 13.5. The van der Waals surface area contributed by atoms with Crippen molar-refractivity contribution in [1.82, 2.24) is 20.0 Å². The summed E-state index contributed by atoms with van der Waals surface area (Å²) >= 11 is 0. The number of carbonyl (C=O) groups is 2. The highest BCUT2D eigenvalue weighted by Crippen LogP contribution is 2.15. The molecule has 0 N–H and O–H groups in total. The minimum atomic E-state index is -0.126. The number of piperazine rings is 1. The molecule has 7 heteroatoms. The standard InChI is InChI=1S/C20H25N5O2/c1-16(2)25(14-17-6-4-3-5-7-17)20(27)18-8-9-19(22-21-18)24-12-10-23(15-26)11-13-24/h3-9,15-16H,10-14H2,1-2H3. The van der Waals surface area contributed by atoms with Gasteiger partial charge in [0.1, 0.15) is 0 Å². The van der Waals surface area contributed by atoms with Crippen molar-refractivity contribution in [3.8, 4) is 0 Å². The molecule has 1 aliphatic rings. The molecule has 27 heavy (non-hydrogen) atoms. The average Bonchev–Trinajstić information content (AvgIpc) is 2.72. The van der Waals surface area contributed by atoms with Gasteiger partial charge in [0.25, 0.3) is 5.91 Å². The third-order valence-corrected chi connectivity index (χ3v) is 4.74. The van der Waals surface area contributed by atoms with Crippen LogP contribution in [0.25, 0.3) is 0 Å². The Hall–Kier alpha value is -2.96. The number of aromatic nitrogens is 2. The number of anilines is 1. The van der Waals surface area contributed by atoms with Gasteiger partial charge in [-0.3, -0.25) is 9.59 Å². The van der Waals surface area contributed by atoms with Crippen LogP contribution in [0.2, 0.25) is 0 Å². The van der Waals surface area contributed by atoms with E-state index >= 15 is 0 Å². The van der Waals surface area contributed by atoms with Crippen molar-refractivity contribution in [1.29, 1.82) is 0 Å². The van der Waals surface area contributed by atoms with Crippen molar-refractivity contribution < 1.29 is 9.59 Å². The van der Waals surface area contributed by atoms with Crippen LogP contribution in [0, 0.1) is 0 Å². The normalized spacial score (nSPS) is 14.3. The molecule has 1 aliphatic heterocycles. The van der Waals surface area contributed by atoms with E-state index in [0.29, 0.717) is 38.4 Å². The molecule has 2 amide bonds. The second-order valence-electron chi connectivity index (χ2n) is 6.92. The van der Waals surface area contributed by atoms with Gasteiger partial charge >= 0.3 is 0 Å². The van der Waals surface area contributed by atoms with Gasteiger partial charge < -0.3 is 14.7 Å². The molecule has 1 aromatic heterocycles. The van der Waals surface area contributed by atoms with E-state index < -0.39 is 0 Å². The van der Waals surface area contributed by atoms with Crippen LogP contribution in [0.5, 0.6) is 0 Å². The van der Waals surface area contributed by atoms with Crippen LogP contribution >= 0.6 is 0 Å². The average molecular weight is 367 g/mol. The van der Waals surface area contributed by atoms with Gasteiger partial charge in [0.15, 0.2) is 11.5 Å². The van der Waals surface area contributed by atoms with Crippen molar-refractivity contribution in [3.63, 3.8) is 0 Å². The Morgan fingerprint density at radius 1 is 1.07 bits per heavy atom. The maximum absolute atomic E-state index is 12.9. The van der Waals surface area contributed by atoms with Crippen LogP contribution in [-0.2, 0) is 11.3 Å². The van der Waals surface area contributed by atoms with Gasteiger partial charge in [0, 0.05) is 38.8 Å². The molecule has 2 aromatic rings. The number of carbonyl (C=O) groups excluding carboxylic acids is 2. The fourth-order valence-corrected chi connectivity index (χ4v) is 3.08. The molecular weight excluding hydrogens is 342 g/mol. The molecule has 2 heterocycles. The minimum absolute atomic E-state index is 0.0515. The third kappa shape index (κ3) is 4.61. The molecule has 7 nitrogen and oxygen atoms in total. The van der Waals surface area contributed by atoms with Crippen molar-refractivity contribution in [2.75, 3.05) is 31.1 Å². The highest BCUT2D eigenvalue weighted by atomic mass is 16.2. The molecule has 1 saturated heterocycles. The van der Waals surface area contributed by atoms with Crippen molar-refractivity contribution in [3.05, 3.63) is 53.7 Å². The first-order valence-corrected chi connectivity index (χ1v) is 9.21. The van der Waals surface area contributed by atoms with E-state index in [2.05, 4.69) is 15.1 Å². The first-order chi connectivity index (χ1) is 13.1. The number of hydrogen-bond donors (Lipinski definition) is 0. The molecular formula is C20H25N5O2. The van der Waals surface area contributed by atoms with Crippen molar-refractivity contribution in [2.45, 2.75) is 26.4 Å². The third-order valence-electron chi connectivity index (χ3n) is 4.74. The molecule has 0 saturated carbocycles. The Kier molecular flexibility index (Phi) is 6.01. The first kappa shape index (κ1) is 18.8.